The average molecular weight is 199 g/mol. The van der Waals surface area contributed by atoms with Gasteiger partial charge in [-0.3, -0.25) is 4.98 Å². The smallest absolute Gasteiger partial charge is 0.180 e. The number of hydrogen-bond acceptors (Lipinski definition) is 4. The molecule has 0 atom stereocenters. The Labute approximate surface area is 85.7 Å². The molecule has 0 aliphatic rings. The molecule has 5 nitrogen and oxygen atoms in total. The number of rotatable bonds is 1. The van der Waals surface area contributed by atoms with Crippen molar-refractivity contribution in [2.24, 2.45) is 0 Å². The van der Waals surface area contributed by atoms with Crippen LogP contribution < -0.4 is 0 Å². The summed E-state index contributed by atoms with van der Waals surface area (Å²) in [5.41, 5.74) is 3.69. The second kappa shape index (κ2) is 2.98. The topological polar surface area (TPSA) is 56.0 Å². The molecule has 0 aliphatic heterocycles. The molecule has 0 aliphatic carbocycles. The Hall–Kier alpha value is -2.04. The fourth-order valence-electron chi connectivity index (χ4n) is 1.63. The summed E-state index contributed by atoms with van der Waals surface area (Å²) in [6.07, 6.45) is 0.934. The molecule has 5 heteroatoms. The summed E-state index contributed by atoms with van der Waals surface area (Å²) in [5, 5.41) is 11.4. The zero-order chi connectivity index (χ0) is 10.3. The molecule has 15 heavy (non-hydrogen) atoms. The van der Waals surface area contributed by atoms with Crippen LogP contribution >= 0.6 is 0 Å². The minimum Gasteiger partial charge on any atom is -0.251 e. The molecule has 74 valence electrons. The zero-order valence-corrected chi connectivity index (χ0v) is 8.25. The van der Waals surface area contributed by atoms with Crippen molar-refractivity contribution in [2.75, 3.05) is 0 Å². The summed E-state index contributed by atoms with van der Waals surface area (Å²) >= 11 is 0. The molecule has 3 aromatic heterocycles. The average Bonchev–Trinajstić information content (AvgIpc) is 2.76. The van der Waals surface area contributed by atoms with Gasteiger partial charge in [0.05, 0.1) is 11.0 Å². The van der Waals surface area contributed by atoms with Crippen LogP contribution in [-0.2, 0) is 6.42 Å². The minimum atomic E-state index is 0.744. The predicted molar refractivity (Wildman–Crippen MR) is 55.5 cm³/mol. The van der Waals surface area contributed by atoms with Gasteiger partial charge in [-0.2, -0.15) is 4.52 Å². The van der Waals surface area contributed by atoms with Gasteiger partial charge < -0.3 is 0 Å². The van der Waals surface area contributed by atoms with Gasteiger partial charge in [0, 0.05) is 5.69 Å². The number of aromatic nitrogens is 5. The van der Waals surface area contributed by atoms with E-state index in [-0.39, 0.29) is 0 Å². The van der Waals surface area contributed by atoms with Crippen LogP contribution in [0.5, 0.6) is 0 Å². The van der Waals surface area contributed by atoms with Gasteiger partial charge in [0.1, 0.15) is 0 Å². The lowest BCUT2D eigenvalue weighted by molar-refractivity contribution is 0.840. The van der Waals surface area contributed by atoms with E-state index in [1.807, 2.05) is 24.3 Å². The van der Waals surface area contributed by atoms with E-state index in [0.29, 0.717) is 0 Å². The first kappa shape index (κ1) is 8.28. The van der Waals surface area contributed by atoms with Crippen molar-refractivity contribution in [3.05, 3.63) is 30.0 Å². The molecule has 3 aromatic rings. The Balaban J connectivity index is 2.44. The van der Waals surface area contributed by atoms with Crippen LogP contribution in [0.15, 0.2) is 24.3 Å². The van der Waals surface area contributed by atoms with E-state index in [1.165, 1.54) is 0 Å². The van der Waals surface area contributed by atoms with Gasteiger partial charge in [-0.15, -0.1) is 5.10 Å². The van der Waals surface area contributed by atoms with Crippen molar-refractivity contribution >= 4 is 16.7 Å². The van der Waals surface area contributed by atoms with Crippen LogP contribution in [0.1, 0.15) is 12.6 Å². The van der Waals surface area contributed by atoms with Crippen molar-refractivity contribution in [1.82, 2.24) is 25.0 Å². The van der Waals surface area contributed by atoms with Crippen LogP contribution in [0.3, 0.4) is 0 Å². The van der Waals surface area contributed by atoms with E-state index in [9.17, 15) is 0 Å². The van der Waals surface area contributed by atoms with Gasteiger partial charge >= 0.3 is 0 Å². The van der Waals surface area contributed by atoms with E-state index in [0.717, 1.165) is 28.8 Å². The molecular formula is C10H9N5. The molecule has 0 unspecified atom stereocenters. The van der Waals surface area contributed by atoms with Gasteiger partial charge in [0.2, 0.25) is 0 Å². The largest absolute Gasteiger partial charge is 0.251 e. The first-order valence-electron chi connectivity index (χ1n) is 4.85. The maximum Gasteiger partial charge on any atom is 0.180 e. The summed E-state index contributed by atoms with van der Waals surface area (Å²) in [6, 6.07) is 7.82. The molecule has 3 rings (SSSR count). The number of aryl methyl sites for hydroxylation is 1. The summed E-state index contributed by atoms with van der Waals surface area (Å²) in [5.74, 6) is 0. The summed E-state index contributed by atoms with van der Waals surface area (Å²) in [6.45, 7) is 2.09. The number of nitrogens with zero attached hydrogens (tertiary/aromatic N) is 5. The quantitative estimate of drug-likeness (QED) is 0.591. The fraction of sp³-hybridized carbons (Fsp3) is 0.200. The molecule has 3 heterocycles. The Morgan fingerprint density at radius 2 is 2.13 bits per heavy atom. The maximum atomic E-state index is 4.51. The minimum absolute atomic E-state index is 0.744. The van der Waals surface area contributed by atoms with Crippen molar-refractivity contribution in [2.45, 2.75) is 13.3 Å². The van der Waals surface area contributed by atoms with Crippen LogP contribution in [0.2, 0.25) is 0 Å². The maximum absolute atomic E-state index is 4.51. The van der Waals surface area contributed by atoms with Gasteiger partial charge in [0.15, 0.2) is 5.65 Å². The van der Waals surface area contributed by atoms with Gasteiger partial charge in [-0.05, 0) is 41.1 Å². The highest BCUT2D eigenvalue weighted by molar-refractivity contribution is 5.77. The Bertz CT molecular complexity index is 628. The molecule has 0 fully saturated rings. The molecule has 0 radical (unpaired) electrons. The van der Waals surface area contributed by atoms with Crippen molar-refractivity contribution < 1.29 is 0 Å². The van der Waals surface area contributed by atoms with Crippen LogP contribution in [0.4, 0.5) is 0 Å². The molecule has 0 aromatic carbocycles. The van der Waals surface area contributed by atoms with E-state index >= 15 is 0 Å². The van der Waals surface area contributed by atoms with Gasteiger partial charge in [0.25, 0.3) is 0 Å². The van der Waals surface area contributed by atoms with E-state index in [1.54, 1.807) is 4.52 Å². The standard InChI is InChI=1S/C10H9N5/c1-2-7-3-5-9-8(11-7)4-6-10-12-13-14-15(9)10/h3-6H,2H2,1H3. The Morgan fingerprint density at radius 3 is 3.00 bits per heavy atom. The second-order valence-electron chi connectivity index (χ2n) is 3.34. The fourth-order valence-corrected chi connectivity index (χ4v) is 1.63. The van der Waals surface area contributed by atoms with Crippen LogP contribution in [-0.4, -0.2) is 25.0 Å². The first-order chi connectivity index (χ1) is 7.38. The molecular weight excluding hydrogens is 190 g/mol. The van der Waals surface area contributed by atoms with Crippen molar-refractivity contribution in [1.29, 1.82) is 0 Å². The molecule has 0 spiro atoms. The Kier molecular flexibility index (Phi) is 1.65. The third-order valence-electron chi connectivity index (χ3n) is 2.43. The molecule has 0 N–H and O–H groups in total. The number of hydrogen-bond donors (Lipinski definition) is 0. The Morgan fingerprint density at radius 1 is 1.20 bits per heavy atom. The highest BCUT2D eigenvalue weighted by Gasteiger charge is 2.03. The lowest BCUT2D eigenvalue weighted by Crippen LogP contribution is -1.94. The molecule has 0 saturated carbocycles. The second-order valence-corrected chi connectivity index (χ2v) is 3.34. The lowest BCUT2D eigenvalue weighted by Gasteiger charge is -2.00. The summed E-state index contributed by atoms with van der Waals surface area (Å²) in [4.78, 5) is 4.51. The monoisotopic (exact) mass is 199 g/mol. The zero-order valence-electron chi connectivity index (χ0n) is 8.25. The number of pyridine rings is 2. The lowest BCUT2D eigenvalue weighted by atomic mass is 10.2. The number of fused-ring (bicyclic) bond motifs is 3. The van der Waals surface area contributed by atoms with Crippen LogP contribution in [0.25, 0.3) is 16.7 Å². The van der Waals surface area contributed by atoms with Crippen molar-refractivity contribution in [3.63, 3.8) is 0 Å². The third-order valence-corrected chi connectivity index (χ3v) is 2.43. The van der Waals surface area contributed by atoms with Crippen LogP contribution in [0, 0.1) is 0 Å². The normalized spacial score (nSPS) is 11.3. The van der Waals surface area contributed by atoms with Crippen molar-refractivity contribution in [3.8, 4) is 0 Å². The van der Waals surface area contributed by atoms with Gasteiger partial charge in [-0.1, -0.05) is 6.92 Å². The third kappa shape index (κ3) is 1.16. The number of tetrazole rings is 1. The van der Waals surface area contributed by atoms with Gasteiger partial charge in [-0.25, -0.2) is 0 Å². The van der Waals surface area contributed by atoms with E-state index < -0.39 is 0 Å². The van der Waals surface area contributed by atoms with E-state index in [4.69, 9.17) is 0 Å². The molecule has 0 bridgehead atoms. The highest BCUT2D eigenvalue weighted by Crippen LogP contribution is 2.13. The highest BCUT2D eigenvalue weighted by atomic mass is 15.5. The summed E-state index contributed by atoms with van der Waals surface area (Å²) in [7, 11) is 0. The molecule has 0 amide bonds. The summed E-state index contributed by atoms with van der Waals surface area (Å²) < 4.78 is 1.70. The predicted octanol–water partition coefficient (Wildman–Crippen LogP) is 1.23. The first-order valence-corrected chi connectivity index (χ1v) is 4.85. The molecule has 0 saturated heterocycles. The SMILES string of the molecule is CCc1ccc2c(ccc3nnnn32)n1. The van der Waals surface area contributed by atoms with E-state index in [2.05, 4.69) is 27.4 Å².